The molecule has 0 bridgehead atoms. The average Bonchev–Trinajstić information content (AvgIpc) is 2.26. The second kappa shape index (κ2) is 6.79. The molecule has 0 fully saturated rings. The Labute approximate surface area is 112 Å². The number of hydrogen-bond donors (Lipinski definition) is 1. The predicted molar refractivity (Wildman–Crippen MR) is 79.0 cm³/mol. The van der Waals surface area contributed by atoms with Crippen LogP contribution < -0.4 is 4.90 Å². The van der Waals surface area contributed by atoms with Gasteiger partial charge < -0.3 is 10.0 Å². The third kappa shape index (κ3) is 4.34. The van der Waals surface area contributed by atoms with Crippen LogP contribution in [0.4, 0.5) is 5.69 Å². The maximum Gasteiger partial charge on any atom is 0.0781 e. The van der Waals surface area contributed by atoms with E-state index in [-0.39, 0.29) is 0 Å². The van der Waals surface area contributed by atoms with Crippen molar-refractivity contribution in [1.82, 2.24) is 0 Å². The summed E-state index contributed by atoms with van der Waals surface area (Å²) in [6.45, 7) is 12.8. The van der Waals surface area contributed by atoms with Gasteiger partial charge in [0.2, 0.25) is 0 Å². The van der Waals surface area contributed by atoms with E-state index < -0.39 is 6.10 Å². The van der Waals surface area contributed by atoms with Crippen molar-refractivity contribution in [1.29, 1.82) is 0 Å². The molecule has 1 aromatic carbocycles. The minimum absolute atomic E-state index is 0.414. The Morgan fingerprint density at radius 2 is 1.44 bits per heavy atom. The maximum absolute atomic E-state index is 9.90. The number of aliphatic hydroxyl groups excluding tert-OH is 1. The highest BCUT2D eigenvalue weighted by Crippen LogP contribution is 2.27. The molecule has 1 N–H and O–H groups in total. The van der Waals surface area contributed by atoms with Crippen LogP contribution in [0.25, 0.3) is 0 Å². The lowest BCUT2D eigenvalue weighted by Crippen LogP contribution is -2.32. The van der Waals surface area contributed by atoms with Gasteiger partial charge in [0.05, 0.1) is 6.10 Å². The van der Waals surface area contributed by atoms with Gasteiger partial charge in [0.25, 0.3) is 0 Å². The Bertz CT molecular complexity index is 348. The Hall–Kier alpha value is -1.02. The van der Waals surface area contributed by atoms with Crippen LogP contribution in [0.1, 0.15) is 46.3 Å². The molecule has 0 amide bonds. The molecule has 0 aromatic heterocycles. The molecule has 0 unspecified atom stereocenters. The Balaban J connectivity index is 3.03. The lowest BCUT2D eigenvalue weighted by molar-refractivity contribution is 0.199. The molecule has 0 saturated carbocycles. The molecule has 18 heavy (non-hydrogen) atoms. The summed E-state index contributed by atoms with van der Waals surface area (Å²) in [5.74, 6) is 1.23. The van der Waals surface area contributed by atoms with E-state index >= 15 is 0 Å². The van der Waals surface area contributed by atoms with E-state index in [2.05, 4.69) is 44.7 Å². The van der Waals surface area contributed by atoms with Gasteiger partial charge in [-0.3, -0.25) is 0 Å². The van der Waals surface area contributed by atoms with Crippen LogP contribution in [-0.4, -0.2) is 18.2 Å². The Morgan fingerprint density at radius 1 is 0.944 bits per heavy atom. The molecule has 0 aliphatic carbocycles. The monoisotopic (exact) mass is 249 g/mol. The molecule has 1 atom stereocenters. The fraction of sp³-hybridized carbons (Fsp3) is 0.625. The molecule has 0 saturated heterocycles. The highest BCUT2D eigenvalue weighted by atomic mass is 16.3. The van der Waals surface area contributed by atoms with Gasteiger partial charge in [0.15, 0.2) is 0 Å². The number of hydrogen-bond acceptors (Lipinski definition) is 2. The van der Waals surface area contributed by atoms with Gasteiger partial charge in [0, 0.05) is 24.3 Å². The van der Waals surface area contributed by atoms with Crippen molar-refractivity contribution in [3.05, 3.63) is 29.8 Å². The molecule has 2 heteroatoms. The third-order valence-corrected chi connectivity index (χ3v) is 2.90. The maximum atomic E-state index is 9.90. The first-order chi connectivity index (χ1) is 8.41. The number of nitrogens with zero attached hydrogens (tertiary/aromatic N) is 1. The summed E-state index contributed by atoms with van der Waals surface area (Å²) in [6.07, 6.45) is -0.414. The lowest BCUT2D eigenvalue weighted by Gasteiger charge is -2.31. The molecule has 2 nitrogen and oxygen atoms in total. The second-order valence-corrected chi connectivity index (χ2v) is 5.93. The fourth-order valence-corrected chi connectivity index (χ4v) is 2.28. The fourth-order valence-electron chi connectivity index (χ4n) is 2.28. The molecule has 0 aliphatic heterocycles. The minimum Gasteiger partial charge on any atom is -0.389 e. The summed E-state index contributed by atoms with van der Waals surface area (Å²) < 4.78 is 0. The Morgan fingerprint density at radius 3 is 1.89 bits per heavy atom. The highest BCUT2D eigenvalue weighted by Gasteiger charge is 2.15. The van der Waals surface area contributed by atoms with Crippen LogP contribution >= 0.6 is 0 Å². The van der Waals surface area contributed by atoms with E-state index in [4.69, 9.17) is 0 Å². The van der Waals surface area contributed by atoms with Crippen molar-refractivity contribution in [3.8, 4) is 0 Å². The van der Waals surface area contributed by atoms with E-state index in [1.165, 1.54) is 5.69 Å². The van der Waals surface area contributed by atoms with Crippen LogP contribution in [0.3, 0.4) is 0 Å². The molecule has 1 aromatic rings. The van der Waals surface area contributed by atoms with E-state index in [1.54, 1.807) is 0 Å². The molecule has 0 aliphatic rings. The van der Waals surface area contributed by atoms with E-state index in [9.17, 15) is 5.11 Å². The zero-order chi connectivity index (χ0) is 13.7. The smallest absolute Gasteiger partial charge is 0.0781 e. The molecule has 0 radical (unpaired) electrons. The van der Waals surface area contributed by atoms with Crippen LogP contribution in [0, 0.1) is 11.8 Å². The van der Waals surface area contributed by atoms with Gasteiger partial charge in [-0.25, -0.2) is 0 Å². The van der Waals surface area contributed by atoms with E-state index in [1.807, 2.05) is 19.1 Å². The van der Waals surface area contributed by atoms with Crippen molar-refractivity contribution >= 4 is 5.69 Å². The SMILES string of the molecule is CC(C)CN(CC(C)C)c1ccccc1[C@H](C)O. The first-order valence-corrected chi connectivity index (χ1v) is 6.93. The van der Waals surface area contributed by atoms with Crippen molar-refractivity contribution in [2.45, 2.75) is 40.7 Å². The van der Waals surface area contributed by atoms with Crippen molar-refractivity contribution < 1.29 is 5.11 Å². The summed E-state index contributed by atoms with van der Waals surface area (Å²) in [4.78, 5) is 2.40. The van der Waals surface area contributed by atoms with Crippen molar-refractivity contribution in [2.24, 2.45) is 11.8 Å². The number of rotatable bonds is 6. The van der Waals surface area contributed by atoms with Crippen LogP contribution in [0.2, 0.25) is 0 Å². The van der Waals surface area contributed by atoms with Gasteiger partial charge in [0.1, 0.15) is 0 Å². The molecular weight excluding hydrogens is 222 g/mol. The first kappa shape index (κ1) is 15.0. The van der Waals surface area contributed by atoms with E-state index in [0.29, 0.717) is 11.8 Å². The topological polar surface area (TPSA) is 23.5 Å². The quantitative estimate of drug-likeness (QED) is 0.827. The van der Waals surface area contributed by atoms with Gasteiger partial charge >= 0.3 is 0 Å². The normalized spacial score (nSPS) is 13.1. The summed E-state index contributed by atoms with van der Waals surface area (Å²) in [5.41, 5.74) is 2.20. The van der Waals surface area contributed by atoms with Crippen molar-refractivity contribution in [2.75, 3.05) is 18.0 Å². The molecule has 0 heterocycles. The largest absolute Gasteiger partial charge is 0.389 e. The highest BCUT2D eigenvalue weighted by molar-refractivity contribution is 5.54. The number of aliphatic hydroxyl groups is 1. The zero-order valence-electron chi connectivity index (χ0n) is 12.4. The standard InChI is InChI=1S/C16H27NO/c1-12(2)10-17(11-13(3)4)16-9-7-6-8-15(16)14(5)18/h6-9,12-14,18H,10-11H2,1-5H3/t14-/m0/s1. The number of benzene rings is 1. The third-order valence-electron chi connectivity index (χ3n) is 2.90. The summed E-state index contributed by atoms with van der Waals surface area (Å²) in [6, 6.07) is 8.18. The van der Waals surface area contributed by atoms with Gasteiger partial charge in [-0.1, -0.05) is 45.9 Å². The molecule has 1 rings (SSSR count). The van der Waals surface area contributed by atoms with E-state index in [0.717, 1.165) is 18.7 Å². The Kier molecular flexibility index (Phi) is 5.67. The van der Waals surface area contributed by atoms with Gasteiger partial charge in [-0.2, -0.15) is 0 Å². The lowest BCUT2D eigenvalue weighted by atomic mass is 10.0. The van der Waals surface area contributed by atoms with Crippen LogP contribution in [0.5, 0.6) is 0 Å². The van der Waals surface area contributed by atoms with Gasteiger partial charge in [-0.15, -0.1) is 0 Å². The predicted octanol–water partition coefficient (Wildman–Crippen LogP) is 3.86. The van der Waals surface area contributed by atoms with Crippen LogP contribution in [-0.2, 0) is 0 Å². The first-order valence-electron chi connectivity index (χ1n) is 6.93. The molecular formula is C16H27NO. The zero-order valence-corrected chi connectivity index (χ0v) is 12.4. The van der Waals surface area contributed by atoms with Crippen LogP contribution in [0.15, 0.2) is 24.3 Å². The van der Waals surface area contributed by atoms with Crippen molar-refractivity contribution in [3.63, 3.8) is 0 Å². The second-order valence-electron chi connectivity index (χ2n) is 5.93. The number of anilines is 1. The number of para-hydroxylation sites is 1. The van der Waals surface area contributed by atoms with Gasteiger partial charge in [-0.05, 0) is 24.8 Å². The summed E-state index contributed by atoms with van der Waals surface area (Å²) >= 11 is 0. The summed E-state index contributed by atoms with van der Waals surface area (Å²) in [5, 5.41) is 9.90. The molecule has 0 spiro atoms. The molecule has 102 valence electrons. The summed E-state index contributed by atoms with van der Waals surface area (Å²) in [7, 11) is 0. The average molecular weight is 249 g/mol. The minimum atomic E-state index is -0.414.